The fraction of sp³-hybridized carbons (Fsp3) is 0.143. The smallest absolute Gasteiger partial charge is 0.0529 e. The van der Waals surface area contributed by atoms with E-state index in [2.05, 4.69) is 44.7 Å². The van der Waals surface area contributed by atoms with Crippen molar-refractivity contribution in [2.75, 3.05) is 5.73 Å². The van der Waals surface area contributed by atoms with Crippen LogP contribution in [0.25, 0.3) is 11.1 Å². The summed E-state index contributed by atoms with van der Waals surface area (Å²) in [7, 11) is 0. The van der Waals surface area contributed by atoms with Gasteiger partial charge in [0.2, 0.25) is 0 Å². The van der Waals surface area contributed by atoms with E-state index in [1.54, 1.807) is 0 Å². The second kappa shape index (κ2) is 4.22. The highest BCUT2D eigenvalue weighted by molar-refractivity contribution is 7.80. The summed E-state index contributed by atoms with van der Waals surface area (Å²) < 4.78 is 0. The van der Waals surface area contributed by atoms with Gasteiger partial charge in [0.15, 0.2) is 0 Å². The summed E-state index contributed by atoms with van der Waals surface area (Å²) in [5.41, 5.74) is 11.5. The number of hydrogen-bond acceptors (Lipinski definition) is 2. The topological polar surface area (TPSA) is 26.0 Å². The Labute approximate surface area is 102 Å². The number of thiol groups is 1. The molecule has 2 aromatic carbocycles. The van der Waals surface area contributed by atoms with Gasteiger partial charge in [0.25, 0.3) is 0 Å². The third-order valence-corrected chi connectivity index (χ3v) is 3.15. The first-order valence-corrected chi connectivity index (χ1v) is 5.69. The van der Waals surface area contributed by atoms with Crippen LogP contribution in [-0.2, 0) is 0 Å². The maximum absolute atomic E-state index is 6.05. The van der Waals surface area contributed by atoms with Crippen molar-refractivity contribution in [3.8, 4) is 11.1 Å². The monoisotopic (exact) mass is 229 g/mol. The van der Waals surface area contributed by atoms with Gasteiger partial charge in [0.1, 0.15) is 0 Å². The summed E-state index contributed by atoms with van der Waals surface area (Å²) in [6.07, 6.45) is 0. The van der Waals surface area contributed by atoms with E-state index in [0.717, 1.165) is 16.1 Å². The van der Waals surface area contributed by atoms with Crippen molar-refractivity contribution in [3.05, 3.63) is 47.5 Å². The van der Waals surface area contributed by atoms with Gasteiger partial charge in [0.05, 0.1) is 5.69 Å². The van der Waals surface area contributed by atoms with Crippen LogP contribution in [0, 0.1) is 13.8 Å². The number of nitrogens with two attached hydrogens (primary N) is 1. The van der Waals surface area contributed by atoms with Gasteiger partial charge in [-0.15, -0.1) is 12.6 Å². The Morgan fingerprint density at radius 2 is 1.75 bits per heavy atom. The van der Waals surface area contributed by atoms with Crippen LogP contribution in [0.4, 0.5) is 5.69 Å². The fourth-order valence-corrected chi connectivity index (χ4v) is 2.11. The van der Waals surface area contributed by atoms with E-state index in [1.807, 2.05) is 18.2 Å². The molecule has 0 aliphatic heterocycles. The Balaban J connectivity index is 2.63. The molecular formula is C14H15NS. The molecule has 0 aliphatic rings. The standard InChI is InChI=1S/C14H15NS/c1-9-6-7-11(10(2)8-9)12-4-3-5-13(16)14(12)15/h3-8,16H,15H2,1-2H3. The zero-order chi connectivity index (χ0) is 11.7. The molecule has 2 N–H and O–H groups in total. The summed E-state index contributed by atoms with van der Waals surface area (Å²) in [5, 5.41) is 0. The zero-order valence-electron chi connectivity index (χ0n) is 9.49. The van der Waals surface area contributed by atoms with Gasteiger partial charge in [-0.2, -0.15) is 0 Å². The molecule has 0 unspecified atom stereocenters. The molecule has 2 rings (SSSR count). The Kier molecular flexibility index (Phi) is 2.92. The molecule has 1 nitrogen and oxygen atoms in total. The molecule has 16 heavy (non-hydrogen) atoms. The largest absolute Gasteiger partial charge is 0.397 e. The number of rotatable bonds is 1. The maximum atomic E-state index is 6.05. The number of anilines is 1. The Hall–Kier alpha value is -1.41. The van der Waals surface area contributed by atoms with Crippen LogP contribution < -0.4 is 5.73 Å². The minimum absolute atomic E-state index is 0.748. The number of hydrogen-bond donors (Lipinski definition) is 2. The first-order valence-electron chi connectivity index (χ1n) is 5.24. The number of nitrogen functional groups attached to an aromatic ring is 1. The van der Waals surface area contributed by atoms with Crippen LogP contribution >= 0.6 is 12.6 Å². The Morgan fingerprint density at radius 1 is 1.00 bits per heavy atom. The van der Waals surface area contributed by atoms with Gasteiger partial charge >= 0.3 is 0 Å². The van der Waals surface area contributed by atoms with E-state index in [0.29, 0.717) is 0 Å². The van der Waals surface area contributed by atoms with E-state index < -0.39 is 0 Å². The van der Waals surface area contributed by atoms with Crippen molar-refractivity contribution in [2.24, 2.45) is 0 Å². The summed E-state index contributed by atoms with van der Waals surface area (Å²) in [4.78, 5) is 0.831. The maximum Gasteiger partial charge on any atom is 0.0529 e. The predicted molar refractivity (Wildman–Crippen MR) is 73.0 cm³/mol. The van der Waals surface area contributed by atoms with Gasteiger partial charge in [0, 0.05) is 10.5 Å². The SMILES string of the molecule is Cc1ccc(-c2cccc(S)c2N)c(C)c1. The van der Waals surface area contributed by atoms with Crippen molar-refractivity contribution in [1.82, 2.24) is 0 Å². The summed E-state index contributed by atoms with van der Waals surface area (Å²) in [5.74, 6) is 0. The van der Waals surface area contributed by atoms with Gasteiger partial charge in [-0.25, -0.2) is 0 Å². The highest BCUT2D eigenvalue weighted by Crippen LogP contribution is 2.32. The number of benzene rings is 2. The normalized spacial score (nSPS) is 10.4. The van der Waals surface area contributed by atoms with Gasteiger partial charge < -0.3 is 5.73 Å². The van der Waals surface area contributed by atoms with Crippen LogP contribution in [0.2, 0.25) is 0 Å². The lowest BCUT2D eigenvalue weighted by molar-refractivity contribution is 1.37. The minimum atomic E-state index is 0.748. The van der Waals surface area contributed by atoms with Crippen molar-refractivity contribution in [2.45, 2.75) is 18.7 Å². The summed E-state index contributed by atoms with van der Waals surface area (Å²) >= 11 is 4.35. The average Bonchev–Trinajstić information content (AvgIpc) is 2.23. The molecule has 0 heterocycles. The molecule has 0 atom stereocenters. The molecule has 82 valence electrons. The molecular weight excluding hydrogens is 214 g/mol. The highest BCUT2D eigenvalue weighted by atomic mass is 32.1. The first kappa shape index (κ1) is 11.1. The van der Waals surface area contributed by atoms with E-state index in [9.17, 15) is 0 Å². The highest BCUT2D eigenvalue weighted by Gasteiger charge is 2.07. The van der Waals surface area contributed by atoms with Crippen LogP contribution in [-0.4, -0.2) is 0 Å². The molecule has 0 fully saturated rings. The molecule has 0 bridgehead atoms. The van der Waals surface area contributed by atoms with Gasteiger partial charge in [-0.05, 0) is 31.0 Å². The summed E-state index contributed by atoms with van der Waals surface area (Å²) in [6, 6.07) is 12.3. The molecule has 0 aliphatic carbocycles. The Bertz CT molecular complexity index is 532. The second-order valence-electron chi connectivity index (χ2n) is 4.06. The van der Waals surface area contributed by atoms with Crippen molar-refractivity contribution in [3.63, 3.8) is 0 Å². The first-order chi connectivity index (χ1) is 7.59. The second-order valence-corrected chi connectivity index (χ2v) is 4.54. The Morgan fingerprint density at radius 3 is 2.44 bits per heavy atom. The molecule has 0 aromatic heterocycles. The van der Waals surface area contributed by atoms with Crippen molar-refractivity contribution < 1.29 is 0 Å². The predicted octanol–water partition coefficient (Wildman–Crippen LogP) is 3.84. The van der Waals surface area contributed by atoms with Gasteiger partial charge in [-0.3, -0.25) is 0 Å². The molecule has 0 radical (unpaired) electrons. The lowest BCUT2D eigenvalue weighted by Gasteiger charge is -2.11. The quantitative estimate of drug-likeness (QED) is 0.564. The summed E-state index contributed by atoms with van der Waals surface area (Å²) in [6.45, 7) is 4.20. The molecule has 0 amide bonds. The van der Waals surface area contributed by atoms with E-state index in [1.165, 1.54) is 16.7 Å². The number of para-hydroxylation sites is 1. The van der Waals surface area contributed by atoms with Crippen molar-refractivity contribution >= 4 is 18.3 Å². The molecule has 0 spiro atoms. The van der Waals surface area contributed by atoms with Crippen LogP contribution in [0.1, 0.15) is 11.1 Å². The molecule has 2 heteroatoms. The average molecular weight is 229 g/mol. The lowest BCUT2D eigenvalue weighted by Crippen LogP contribution is -1.93. The molecule has 2 aromatic rings. The van der Waals surface area contributed by atoms with Crippen LogP contribution in [0.5, 0.6) is 0 Å². The lowest BCUT2D eigenvalue weighted by atomic mass is 9.97. The fourth-order valence-electron chi connectivity index (χ4n) is 1.90. The van der Waals surface area contributed by atoms with Crippen LogP contribution in [0.15, 0.2) is 41.3 Å². The van der Waals surface area contributed by atoms with E-state index in [4.69, 9.17) is 5.73 Å². The third-order valence-electron chi connectivity index (χ3n) is 2.76. The molecule has 0 saturated carbocycles. The van der Waals surface area contributed by atoms with Gasteiger partial charge in [-0.1, -0.05) is 35.9 Å². The zero-order valence-corrected chi connectivity index (χ0v) is 10.4. The van der Waals surface area contributed by atoms with E-state index >= 15 is 0 Å². The number of aryl methyl sites for hydroxylation is 2. The van der Waals surface area contributed by atoms with Crippen molar-refractivity contribution in [1.29, 1.82) is 0 Å². The molecule has 0 saturated heterocycles. The third kappa shape index (κ3) is 1.93. The van der Waals surface area contributed by atoms with Crippen LogP contribution in [0.3, 0.4) is 0 Å². The van der Waals surface area contributed by atoms with E-state index in [-0.39, 0.29) is 0 Å². The minimum Gasteiger partial charge on any atom is -0.397 e.